The highest BCUT2D eigenvalue weighted by Crippen LogP contribution is 2.22. The molecular formula is C15H19F3N2O4S. The molecule has 0 aliphatic carbocycles. The van der Waals surface area contributed by atoms with E-state index in [9.17, 15) is 26.4 Å². The average molecular weight is 380 g/mol. The van der Waals surface area contributed by atoms with Crippen LogP contribution in [0.1, 0.15) is 23.2 Å². The summed E-state index contributed by atoms with van der Waals surface area (Å²) in [5.74, 6) is -0.983. The van der Waals surface area contributed by atoms with Crippen LogP contribution in [0.4, 0.5) is 13.2 Å². The van der Waals surface area contributed by atoms with Gasteiger partial charge in [-0.1, -0.05) is 6.07 Å². The fourth-order valence-electron chi connectivity index (χ4n) is 2.49. The second-order valence-electron chi connectivity index (χ2n) is 5.69. The van der Waals surface area contributed by atoms with E-state index in [1.54, 1.807) is 5.32 Å². The second-order valence-corrected chi connectivity index (χ2v) is 7.69. The van der Waals surface area contributed by atoms with Crippen molar-refractivity contribution in [3.05, 3.63) is 29.8 Å². The molecule has 1 N–H and O–H groups in total. The Kier molecular flexibility index (Phi) is 6.07. The summed E-state index contributed by atoms with van der Waals surface area (Å²) in [6, 6.07) is 4.76. The second kappa shape index (κ2) is 7.71. The van der Waals surface area contributed by atoms with Gasteiger partial charge in [0.25, 0.3) is 5.91 Å². The Morgan fingerprint density at radius 2 is 1.96 bits per heavy atom. The highest BCUT2D eigenvalue weighted by atomic mass is 32.2. The molecule has 1 aliphatic heterocycles. The van der Waals surface area contributed by atoms with E-state index < -0.39 is 28.7 Å². The molecule has 0 bridgehead atoms. The van der Waals surface area contributed by atoms with Crippen LogP contribution in [0.5, 0.6) is 0 Å². The minimum Gasteiger partial charge on any atom is -0.381 e. The van der Waals surface area contributed by atoms with Crippen LogP contribution in [-0.4, -0.2) is 57.7 Å². The maximum Gasteiger partial charge on any atom is 0.405 e. The number of hydrogen-bond donors (Lipinski definition) is 1. The lowest BCUT2D eigenvalue weighted by Gasteiger charge is -2.30. The summed E-state index contributed by atoms with van der Waals surface area (Å²) in [5.41, 5.74) is -0.147. The summed E-state index contributed by atoms with van der Waals surface area (Å²) in [6.45, 7) is -0.556. The zero-order valence-electron chi connectivity index (χ0n) is 13.5. The van der Waals surface area contributed by atoms with Crippen LogP contribution in [0.2, 0.25) is 0 Å². The fraction of sp³-hybridized carbons (Fsp3) is 0.533. The van der Waals surface area contributed by atoms with Crippen LogP contribution < -0.4 is 5.32 Å². The van der Waals surface area contributed by atoms with Crippen LogP contribution in [0.3, 0.4) is 0 Å². The third-order valence-electron chi connectivity index (χ3n) is 3.93. The summed E-state index contributed by atoms with van der Waals surface area (Å²) in [4.78, 5) is 11.7. The number of halogens is 3. The van der Waals surface area contributed by atoms with E-state index in [2.05, 4.69) is 0 Å². The summed E-state index contributed by atoms with van der Waals surface area (Å²) in [5, 5.41) is 1.72. The van der Waals surface area contributed by atoms with Gasteiger partial charge in [-0.3, -0.25) is 4.79 Å². The van der Waals surface area contributed by atoms with Crippen molar-refractivity contribution in [2.24, 2.45) is 0 Å². The number of alkyl halides is 3. The van der Waals surface area contributed by atoms with Crippen molar-refractivity contribution in [1.29, 1.82) is 0 Å². The lowest BCUT2D eigenvalue weighted by molar-refractivity contribution is -0.123. The van der Waals surface area contributed by atoms with E-state index in [-0.39, 0.29) is 16.5 Å². The number of nitrogens with one attached hydrogen (secondary N) is 1. The molecule has 1 fully saturated rings. The number of carbonyl (C=O) groups is 1. The van der Waals surface area contributed by atoms with Gasteiger partial charge in [-0.25, -0.2) is 8.42 Å². The molecule has 1 amide bonds. The molecule has 1 aliphatic rings. The quantitative estimate of drug-likeness (QED) is 0.845. The topological polar surface area (TPSA) is 75.7 Å². The Hall–Kier alpha value is -1.65. The van der Waals surface area contributed by atoms with E-state index in [1.807, 2.05) is 0 Å². The van der Waals surface area contributed by atoms with Gasteiger partial charge in [-0.2, -0.15) is 17.5 Å². The first-order valence-electron chi connectivity index (χ1n) is 7.62. The van der Waals surface area contributed by atoms with Crippen molar-refractivity contribution in [3.63, 3.8) is 0 Å². The third kappa shape index (κ3) is 5.16. The first-order valence-corrected chi connectivity index (χ1v) is 9.06. The fourth-order valence-corrected chi connectivity index (χ4v) is 3.95. The number of benzene rings is 1. The Balaban J connectivity index is 2.17. The lowest BCUT2D eigenvalue weighted by Crippen LogP contribution is -2.40. The van der Waals surface area contributed by atoms with Crippen molar-refractivity contribution in [1.82, 2.24) is 9.62 Å². The molecule has 1 saturated heterocycles. The zero-order chi connectivity index (χ0) is 18.7. The number of rotatable bonds is 5. The normalized spacial score (nSPS) is 16.8. The van der Waals surface area contributed by atoms with Gasteiger partial charge in [-0.05, 0) is 31.0 Å². The van der Waals surface area contributed by atoms with Gasteiger partial charge in [0.2, 0.25) is 10.0 Å². The monoisotopic (exact) mass is 380 g/mol. The summed E-state index contributed by atoms with van der Waals surface area (Å²) in [6.07, 6.45) is -3.43. The van der Waals surface area contributed by atoms with Gasteiger partial charge in [0, 0.05) is 31.9 Å². The first kappa shape index (κ1) is 19.7. The maximum absolute atomic E-state index is 12.7. The smallest absolute Gasteiger partial charge is 0.381 e. The standard InChI is InChI=1S/C15H19F3N2O4S/c1-20(12-5-7-24-8-6-12)25(22,23)13-4-2-3-11(9-13)14(21)19-10-15(16,17)18/h2-4,9,12H,5-8,10H2,1H3,(H,19,21). The van der Waals surface area contributed by atoms with Crippen molar-refractivity contribution in [3.8, 4) is 0 Å². The molecule has 25 heavy (non-hydrogen) atoms. The molecule has 1 aromatic rings. The molecule has 6 nitrogen and oxygen atoms in total. The SMILES string of the molecule is CN(C1CCOCC1)S(=O)(=O)c1cccc(C(=O)NCC(F)(F)F)c1. The molecule has 140 valence electrons. The molecule has 0 aromatic heterocycles. The number of hydrogen-bond acceptors (Lipinski definition) is 4. The van der Waals surface area contributed by atoms with Gasteiger partial charge >= 0.3 is 6.18 Å². The van der Waals surface area contributed by atoms with Gasteiger partial charge in [0.1, 0.15) is 6.54 Å². The molecule has 0 atom stereocenters. The van der Waals surface area contributed by atoms with E-state index in [0.717, 1.165) is 6.07 Å². The summed E-state index contributed by atoms with van der Waals surface area (Å²) < 4.78 is 68.4. The predicted octanol–water partition coefficient (Wildman–Crippen LogP) is 1.78. The molecule has 0 radical (unpaired) electrons. The Morgan fingerprint density at radius 3 is 2.56 bits per heavy atom. The minimum atomic E-state index is -4.54. The highest BCUT2D eigenvalue weighted by molar-refractivity contribution is 7.89. The number of nitrogens with zero attached hydrogens (tertiary/aromatic N) is 1. The van der Waals surface area contributed by atoms with Gasteiger partial charge < -0.3 is 10.1 Å². The van der Waals surface area contributed by atoms with Crippen LogP contribution in [0.25, 0.3) is 0 Å². The predicted molar refractivity (Wildman–Crippen MR) is 83.6 cm³/mol. The van der Waals surface area contributed by atoms with E-state index >= 15 is 0 Å². The van der Waals surface area contributed by atoms with Crippen LogP contribution in [0.15, 0.2) is 29.2 Å². The largest absolute Gasteiger partial charge is 0.405 e. The summed E-state index contributed by atoms with van der Waals surface area (Å²) >= 11 is 0. The van der Waals surface area contributed by atoms with E-state index in [1.165, 1.54) is 29.6 Å². The highest BCUT2D eigenvalue weighted by Gasteiger charge is 2.30. The average Bonchev–Trinajstić information content (AvgIpc) is 2.59. The Bertz CT molecular complexity index is 716. The zero-order valence-corrected chi connectivity index (χ0v) is 14.4. The molecule has 2 rings (SSSR count). The molecule has 10 heteroatoms. The number of ether oxygens (including phenoxy) is 1. The van der Waals surface area contributed by atoms with Crippen molar-refractivity contribution < 1.29 is 31.1 Å². The van der Waals surface area contributed by atoms with Gasteiger partial charge in [0.05, 0.1) is 4.90 Å². The lowest BCUT2D eigenvalue weighted by atomic mass is 10.1. The van der Waals surface area contributed by atoms with Gasteiger partial charge in [0.15, 0.2) is 0 Å². The van der Waals surface area contributed by atoms with Crippen molar-refractivity contribution in [2.75, 3.05) is 26.8 Å². The molecular weight excluding hydrogens is 361 g/mol. The van der Waals surface area contributed by atoms with E-state index in [0.29, 0.717) is 26.1 Å². The third-order valence-corrected chi connectivity index (χ3v) is 5.83. The maximum atomic E-state index is 12.7. The molecule has 0 unspecified atom stereocenters. The Labute approximate surface area is 144 Å². The van der Waals surface area contributed by atoms with Gasteiger partial charge in [-0.15, -0.1) is 0 Å². The number of carbonyl (C=O) groups excluding carboxylic acids is 1. The van der Waals surface area contributed by atoms with E-state index in [4.69, 9.17) is 4.74 Å². The minimum absolute atomic E-state index is 0.138. The summed E-state index contributed by atoms with van der Waals surface area (Å²) in [7, 11) is -2.42. The van der Waals surface area contributed by atoms with Crippen LogP contribution in [0, 0.1) is 0 Å². The molecule has 0 saturated carbocycles. The van der Waals surface area contributed by atoms with Crippen molar-refractivity contribution >= 4 is 15.9 Å². The number of sulfonamides is 1. The molecule has 0 spiro atoms. The first-order chi connectivity index (χ1) is 11.6. The molecule has 1 aromatic carbocycles. The number of amides is 1. The Morgan fingerprint density at radius 1 is 1.32 bits per heavy atom. The van der Waals surface area contributed by atoms with Crippen molar-refractivity contribution in [2.45, 2.75) is 30.0 Å². The molecule has 1 heterocycles. The van der Waals surface area contributed by atoms with Crippen LogP contribution in [-0.2, 0) is 14.8 Å². The van der Waals surface area contributed by atoms with Crippen LogP contribution >= 0.6 is 0 Å².